The average molecular weight is 971 g/mol. The van der Waals surface area contributed by atoms with Crippen molar-refractivity contribution in [2.45, 2.75) is 14.7 Å². The maximum Gasteiger partial charge on any atom is 2.00 e. The van der Waals surface area contributed by atoms with E-state index < -0.39 is 79.4 Å². The van der Waals surface area contributed by atoms with Gasteiger partial charge in [0.1, 0.15) is 30.4 Å². The Morgan fingerprint density at radius 3 is 1.41 bits per heavy atom. The molecule has 0 bridgehead atoms. The number of hydrogen-bond acceptors (Lipinski definition) is 18. The molecule has 0 unspecified atom stereocenters. The van der Waals surface area contributed by atoms with Crippen molar-refractivity contribution in [3.05, 3.63) is 84.9 Å². The van der Waals surface area contributed by atoms with Gasteiger partial charge in [-0.05, 0) is 75.8 Å². The summed E-state index contributed by atoms with van der Waals surface area (Å²) in [6.07, 6.45) is 0. The Labute approximate surface area is 417 Å². The Morgan fingerprint density at radius 1 is 0.466 bits per heavy atom. The first-order chi connectivity index (χ1) is 24.7. The molecule has 0 fully saturated rings. The van der Waals surface area contributed by atoms with Crippen LogP contribution in [0, 0.1) is 0 Å². The number of anilines is 1. The molecular weight excluding hydrogens is 955 g/mol. The second-order valence-electron chi connectivity index (χ2n) is 11.1. The van der Waals surface area contributed by atoms with Crippen molar-refractivity contribution in [2.75, 3.05) is 5.73 Å². The number of nitrogens with zero attached hydrogens (tertiary/aromatic N) is 4. The van der Waals surface area contributed by atoms with Gasteiger partial charge in [0.2, 0.25) is 0 Å². The molecule has 6 rings (SSSR count). The molecule has 26 heteroatoms. The molecule has 0 aromatic heterocycles. The molecule has 2 N–H and O–H groups in total. The molecule has 18 nitrogen and oxygen atoms in total. The van der Waals surface area contributed by atoms with Crippen molar-refractivity contribution in [3.63, 3.8) is 0 Å². The SMILES string of the molecule is Nc1ccc2c([O-])c(N=Nc3ccc(-c4ccc(N=Nc5c([O-])c(S(=O)(=O)[O-])cc6cc(S(=O)(=O)[O-])ccc56)c([O-])c4)cc3[O-])c(S(=O)(=O)[O-])cc2c1.[Cu+2].[Cu+2].[Na+].[Na+].[Na+]. The van der Waals surface area contributed by atoms with E-state index in [1.54, 1.807) is 0 Å². The van der Waals surface area contributed by atoms with Crippen molar-refractivity contribution in [1.29, 1.82) is 0 Å². The zero-order chi connectivity index (χ0) is 38.6. The van der Waals surface area contributed by atoms with Gasteiger partial charge in [-0.1, -0.05) is 59.4 Å². The third kappa shape index (κ3) is 11.6. The topological polar surface area (TPSA) is 339 Å². The molecule has 58 heavy (non-hydrogen) atoms. The Hall–Kier alpha value is -2.19. The predicted molar refractivity (Wildman–Crippen MR) is 174 cm³/mol. The Kier molecular flexibility index (Phi) is 19.1. The van der Waals surface area contributed by atoms with Crippen LogP contribution >= 0.6 is 0 Å². The number of hydrogen-bond donors (Lipinski definition) is 1. The first-order valence-corrected chi connectivity index (χ1v) is 18.6. The van der Waals surface area contributed by atoms with Gasteiger partial charge in [-0.3, -0.25) is 0 Å². The van der Waals surface area contributed by atoms with Crippen LogP contribution < -0.4 is 115 Å². The van der Waals surface area contributed by atoms with Gasteiger partial charge in [-0.2, -0.15) is 15.3 Å². The van der Waals surface area contributed by atoms with Crippen molar-refractivity contribution in [3.8, 4) is 34.1 Å². The molecule has 0 atom stereocenters. The largest absolute Gasteiger partial charge is 2.00 e. The molecule has 6 aromatic carbocycles. The van der Waals surface area contributed by atoms with E-state index in [4.69, 9.17) is 5.73 Å². The van der Waals surface area contributed by atoms with Crippen LogP contribution in [0.5, 0.6) is 23.0 Å². The number of nitrogens with two attached hydrogens (primary N) is 1. The summed E-state index contributed by atoms with van der Waals surface area (Å²) in [6, 6.07) is 15.1. The number of azo groups is 2. The molecule has 0 aliphatic rings. The molecule has 0 spiro atoms. The van der Waals surface area contributed by atoms with Gasteiger partial charge in [0.25, 0.3) is 0 Å². The van der Waals surface area contributed by atoms with Crippen LogP contribution in [0.25, 0.3) is 32.7 Å². The molecule has 0 heterocycles. The predicted octanol–water partition coefficient (Wildman–Crippen LogP) is -5.91. The zero-order valence-electron chi connectivity index (χ0n) is 29.6. The van der Waals surface area contributed by atoms with Crippen molar-refractivity contribution < 1.29 is 182 Å². The van der Waals surface area contributed by atoms with E-state index in [9.17, 15) is 59.3 Å². The monoisotopic (exact) mass is 969 g/mol. The second-order valence-corrected chi connectivity index (χ2v) is 15.2. The summed E-state index contributed by atoms with van der Waals surface area (Å²) >= 11 is 0. The minimum atomic E-state index is -5.41. The fourth-order valence-electron chi connectivity index (χ4n) is 5.16. The van der Waals surface area contributed by atoms with Gasteiger partial charge >= 0.3 is 123 Å². The minimum absolute atomic E-state index is 0. The van der Waals surface area contributed by atoms with E-state index in [0.29, 0.717) is 6.07 Å². The van der Waals surface area contributed by atoms with Crippen molar-refractivity contribution in [1.82, 2.24) is 0 Å². The number of rotatable bonds is 8. The summed E-state index contributed by atoms with van der Waals surface area (Å²) < 4.78 is 105. The number of nitrogen functional groups attached to an aromatic ring is 1. The van der Waals surface area contributed by atoms with Crippen molar-refractivity contribution in [2.24, 2.45) is 20.5 Å². The summed E-state index contributed by atoms with van der Waals surface area (Å²) in [4.78, 5) is -3.06. The molecule has 6 aromatic rings. The van der Waals surface area contributed by atoms with Crippen LogP contribution in [-0.2, 0) is 64.5 Å². The summed E-state index contributed by atoms with van der Waals surface area (Å²) in [5.41, 5.74) is 3.92. The normalized spacial score (nSPS) is 11.6. The molecule has 0 saturated carbocycles. The Morgan fingerprint density at radius 2 is 0.931 bits per heavy atom. The molecule has 0 saturated heterocycles. The smallest absolute Gasteiger partial charge is 0.871 e. The molecule has 290 valence electrons. The second kappa shape index (κ2) is 20.6. The zero-order valence-corrected chi connectivity index (χ0v) is 39.9. The summed E-state index contributed by atoms with van der Waals surface area (Å²) in [5.74, 6) is -3.94. The maximum atomic E-state index is 13.0. The van der Waals surface area contributed by atoms with E-state index in [-0.39, 0.29) is 173 Å². The van der Waals surface area contributed by atoms with Crippen LogP contribution in [0.1, 0.15) is 0 Å². The van der Waals surface area contributed by atoms with Gasteiger partial charge in [0.15, 0.2) is 0 Å². The summed E-state index contributed by atoms with van der Waals surface area (Å²) in [5, 5.41) is 66.0. The van der Waals surface area contributed by atoms with Gasteiger partial charge in [0.05, 0.1) is 32.5 Å². The molecule has 2 radical (unpaired) electrons. The molecule has 0 aliphatic carbocycles. The van der Waals surface area contributed by atoms with E-state index >= 15 is 0 Å². The van der Waals surface area contributed by atoms with Crippen LogP contribution in [0.2, 0.25) is 0 Å². The standard InChI is InChI=1S/C32H23N5O13S3.2Cu.3Na/c33-19-3-5-22-17(9-19)13-27(52(45,46)47)30(31(22)40)37-35-24-8-2-16(12-26(24)39)15-1-7-23(25(38)11-15)34-36-29-21-6-4-20(51(42,43)44)10-18(21)14-28(32(29)41)53(48,49)50;;;;;/h1-14,38-41H,33H2,(H,42,43,44)(H,45,46,47)(H,48,49,50);;;;;/q;2*+2;3*+1/p-7. The fraction of sp³-hybridized carbons (Fsp3) is 0. The average Bonchev–Trinajstić information content (AvgIpc) is 3.06. The van der Waals surface area contributed by atoms with Crippen LogP contribution in [0.4, 0.5) is 28.4 Å². The molecule has 0 aliphatic heterocycles. The quantitative estimate of drug-likeness (QED) is 0.0643. The summed E-state index contributed by atoms with van der Waals surface area (Å²) in [7, 11) is -15.6. The van der Waals surface area contributed by atoms with E-state index in [1.807, 2.05) is 0 Å². The van der Waals surface area contributed by atoms with Crippen LogP contribution in [-0.4, -0.2) is 38.9 Å². The molecular formula is C32H16Cu2N5Na3O13S3. The third-order valence-electron chi connectivity index (χ3n) is 7.65. The fourth-order valence-corrected chi connectivity index (χ4v) is 6.91. The maximum absolute atomic E-state index is 13.0. The van der Waals surface area contributed by atoms with E-state index in [2.05, 4.69) is 20.5 Å². The number of benzene rings is 6. The molecule has 0 amide bonds. The first-order valence-electron chi connectivity index (χ1n) is 14.4. The van der Waals surface area contributed by atoms with Crippen LogP contribution in [0.3, 0.4) is 0 Å². The summed E-state index contributed by atoms with van der Waals surface area (Å²) in [6.45, 7) is 0. The van der Waals surface area contributed by atoms with Gasteiger partial charge in [0, 0.05) is 16.0 Å². The Balaban J connectivity index is 0.00000336. The van der Waals surface area contributed by atoms with E-state index in [0.717, 1.165) is 48.5 Å². The van der Waals surface area contributed by atoms with Gasteiger partial charge in [-0.15, -0.1) is 5.11 Å². The third-order valence-corrected chi connectivity index (χ3v) is 10.2. The van der Waals surface area contributed by atoms with Crippen LogP contribution in [0.15, 0.2) is 120 Å². The minimum Gasteiger partial charge on any atom is -0.871 e. The van der Waals surface area contributed by atoms with Gasteiger partial charge in [-0.25, -0.2) is 25.3 Å². The van der Waals surface area contributed by atoms with Crippen molar-refractivity contribution >= 4 is 80.3 Å². The van der Waals surface area contributed by atoms with E-state index in [1.165, 1.54) is 30.3 Å². The van der Waals surface area contributed by atoms with Gasteiger partial charge < -0.3 is 39.8 Å². The Bertz CT molecular complexity index is 2960. The number of fused-ring (bicyclic) bond motifs is 2. The first kappa shape index (κ1) is 53.8.